The third-order valence-electron chi connectivity index (χ3n) is 2.65. The normalized spacial score (nSPS) is 9.86. The summed E-state index contributed by atoms with van der Waals surface area (Å²) in [6, 6.07) is 14.1. The van der Waals surface area contributed by atoms with Crippen molar-refractivity contribution in [3.05, 3.63) is 63.1 Å². The summed E-state index contributed by atoms with van der Waals surface area (Å²) in [5, 5.41) is 10.5. The molecule has 0 spiro atoms. The number of anilines is 2. The quantitative estimate of drug-likeness (QED) is 0.507. The first-order valence-corrected chi connectivity index (χ1v) is 6.94. The smallest absolute Gasteiger partial charge is 0.271 e. The summed E-state index contributed by atoms with van der Waals surface area (Å²) in [5.41, 5.74) is 11.7. The summed E-state index contributed by atoms with van der Waals surface area (Å²) in [6.07, 6.45) is 0. The van der Waals surface area contributed by atoms with Crippen molar-refractivity contribution in [2.24, 2.45) is 0 Å². The van der Waals surface area contributed by atoms with Gasteiger partial charge in [0.25, 0.3) is 5.69 Å². The lowest BCUT2D eigenvalue weighted by molar-refractivity contribution is -0.384. The van der Waals surface area contributed by atoms with Crippen LogP contribution in [-0.4, -0.2) is 14.9 Å². The van der Waals surface area contributed by atoms with Crippen LogP contribution in [0.5, 0.6) is 0 Å². The number of nitrogens with zero attached hydrogens (tertiary/aromatic N) is 3. The van der Waals surface area contributed by atoms with E-state index < -0.39 is 4.92 Å². The van der Waals surface area contributed by atoms with Crippen LogP contribution in [0.25, 0.3) is 11.0 Å². The van der Waals surface area contributed by atoms with Gasteiger partial charge in [-0.2, -0.15) is 0 Å². The number of non-ortho nitro benzene ring substituents is 1. The SMILES string of the molecule is Brc1ccccc1.Nc1nc2ccc([N+](=O)[O-])cc2nc1N. The minimum atomic E-state index is -0.506. The summed E-state index contributed by atoms with van der Waals surface area (Å²) < 4.78 is 1.13. The van der Waals surface area contributed by atoms with Gasteiger partial charge in [0.15, 0.2) is 11.6 Å². The van der Waals surface area contributed by atoms with E-state index in [1.54, 1.807) is 0 Å². The molecular weight excluding hydrogens is 350 g/mol. The zero-order valence-electron chi connectivity index (χ0n) is 11.3. The number of benzene rings is 2. The molecule has 0 fully saturated rings. The Bertz CT molecular complexity index is 811. The zero-order chi connectivity index (χ0) is 16.1. The van der Waals surface area contributed by atoms with E-state index in [0.29, 0.717) is 11.0 Å². The molecule has 7 nitrogen and oxygen atoms in total. The average molecular weight is 362 g/mol. The van der Waals surface area contributed by atoms with E-state index in [9.17, 15) is 10.1 Å². The largest absolute Gasteiger partial charge is 0.381 e. The van der Waals surface area contributed by atoms with Gasteiger partial charge in [0.05, 0.1) is 16.0 Å². The van der Waals surface area contributed by atoms with Gasteiger partial charge < -0.3 is 11.5 Å². The molecule has 112 valence electrons. The molecule has 3 aromatic rings. The fourth-order valence-electron chi connectivity index (χ4n) is 1.60. The zero-order valence-corrected chi connectivity index (χ0v) is 12.9. The van der Waals surface area contributed by atoms with E-state index in [2.05, 4.69) is 25.9 Å². The second-order valence-corrected chi connectivity index (χ2v) is 5.14. The molecule has 0 aliphatic heterocycles. The standard InChI is InChI=1S/C8H7N5O2.C6H5Br/c9-7-8(10)12-6-3-4(13(14)15)1-2-5(6)11-7;7-6-4-2-1-3-5-6/h1-3H,(H2,9,11)(H2,10,12);1-5H. The molecular formula is C14H12BrN5O2. The molecule has 0 aliphatic rings. The van der Waals surface area contributed by atoms with E-state index in [0.717, 1.165) is 4.47 Å². The van der Waals surface area contributed by atoms with Crippen LogP contribution in [0.3, 0.4) is 0 Å². The molecule has 1 aromatic heterocycles. The number of fused-ring (bicyclic) bond motifs is 1. The summed E-state index contributed by atoms with van der Waals surface area (Å²) >= 11 is 3.31. The van der Waals surface area contributed by atoms with Crippen molar-refractivity contribution in [1.82, 2.24) is 9.97 Å². The molecule has 1 heterocycles. The Morgan fingerprint density at radius 3 is 2.05 bits per heavy atom. The van der Waals surface area contributed by atoms with Gasteiger partial charge in [-0.1, -0.05) is 34.1 Å². The molecule has 0 unspecified atom stereocenters. The minimum absolute atomic E-state index is 0.0547. The fraction of sp³-hybridized carbons (Fsp3) is 0. The topological polar surface area (TPSA) is 121 Å². The lowest BCUT2D eigenvalue weighted by Crippen LogP contribution is -2.01. The van der Waals surface area contributed by atoms with E-state index in [-0.39, 0.29) is 17.3 Å². The van der Waals surface area contributed by atoms with Crippen molar-refractivity contribution in [3.63, 3.8) is 0 Å². The van der Waals surface area contributed by atoms with Crippen LogP contribution < -0.4 is 11.5 Å². The van der Waals surface area contributed by atoms with Crippen LogP contribution in [0.2, 0.25) is 0 Å². The molecule has 22 heavy (non-hydrogen) atoms. The second-order valence-electron chi connectivity index (χ2n) is 4.22. The third kappa shape index (κ3) is 3.89. The molecule has 0 saturated carbocycles. The van der Waals surface area contributed by atoms with Crippen molar-refractivity contribution in [2.45, 2.75) is 0 Å². The number of nitrogens with two attached hydrogens (primary N) is 2. The molecule has 8 heteroatoms. The predicted molar refractivity (Wildman–Crippen MR) is 89.2 cm³/mol. The van der Waals surface area contributed by atoms with Gasteiger partial charge in [-0.3, -0.25) is 10.1 Å². The Balaban J connectivity index is 0.000000211. The molecule has 0 radical (unpaired) electrons. The predicted octanol–water partition coefficient (Wildman–Crippen LogP) is 3.15. The minimum Gasteiger partial charge on any atom is -0.381 e. The van der Waals surface area contributed by atoms with Crippen molar-refractivity contribution in [1.29, 1.82) is 0 Å². The maximum atomic E-state index is 10.5. The molecule has 0 atom stereocenters. The van der Waals surface area contributed by atoms with Crippen molar-refractivity contribution in [3.8, 4) is 0 Å². The first-order chi connectivity index (χ1) is 10.5. The van der Waals surface area contributed by atoms with E-state index >= 15 is 0 Å². The van der Waals surface area contributed by atoms with Crippen LogP contribution in [0, 0.1) is 10.1 Å². The van der Waals surface area contributed by atoms with E-state index in [1.807, 2.05) is 30.3 Å². The van der Waals surface area contributed by atoms with Gasteiger partial charge in [0.2, 0.25) is 0 Å². The number of nitrogen functional groups attached to an aromatic ring is 2. The molecule has 2 aromatic carbocycles. The highest BCUT2D eigenvalue weighted by atomic mass is 79.9. The molecule has 0 amide bonds. The van der Waals surface area contributed by atoms with Gasteiger partial charge in [-0.15, -0.1) is 0 Å². The summed E-state index contributed by atoms with van der Waals surface area (Å²) in [4.78, 5) is 17.8. The first kappa shape index (κ1) is 15.6. The highest BCUT2D eigenvalue weighted by Crippen LogP contribution is 2.20. The van der Waals surface area contributed by atoms with Gasteiger partial charge in [0.1, 0.15) is 0 Å². The number of nitro groups is 1. The molecule has 0 saturated heterocycles. The monoisotopic (exact) mass is 361 g/mol. The van der Waals surface area contributed by atoms with Crippen LogP contribution in [-0.2, 0) is 0 Å². The lowest BCUT2D eigenvalue weighted by Gasteiger charge is -2.00. The maximum Gasteiger partial charge on any atom is 0.271 e. The Labute approximate surface area is 134 Å². The van der Waals surface area contributed by atoms with Crippen molar-refractivity contribution < 1.29 is 4.92 Å². The molecule has 0 aliphatic carbocycles. The number of hydrogen-bond donors (Lipinski definition) is 2. The summed E-state index contributed by atoms with van der Waals surface area (Å²) in [7, 11) is 0. The van der Waals surface area contributed by atoms with Crippen LogP contribution in [0.1, 0.15) is 0 Å². The fourth-order valence-corrected chi connectivity index (χ4v) is 1.90. The molecule has 4 N–H and O–H groups in total. The van der Waals surface area contributed by atoms with Crippen molar-refractivity contribution in [2.75, 3.05) is 11.5 Å². The maximum absolute atomic E-state index is 10.5. The van der Waals surface area contributed by atoms with Gasteiger partial charge in [-0.05, 0) is 18.2 Å². The Hall–Kier alpha value is -2.74. The highest BCUT2D eigenvalue weighted by Gasteiger charge is 2.09. The van der Waals surface area contributed by atoms with E-state index in [1.165, 1.54) is 18.2 Å². The summed E-state index contributed by atoms with van der Waals surface area (Å²) in [5.74, 6) is 0.194. The number of rotatable bonds is 1. The number of nitro benzene ring substituents is 1. The van der Waals surface area contributed by atoms with Crippen LogP contribution >= 0.6 is 15.9 Å². The molecule has 3 rings (SSSR count). The molecule has 0 bridgehead atoms. The number of aromatic nitrogens is 2. The Morgan fingerprint density at radius 2 is 1.55 bits per heavy atom. The van der Waals surface area contributed by atoms with E-state index in [4.69, 9.17) is 11.5 Å². The summed E-state index contributed by atoms with van der Waals surface area (Å²) in [6.45, 7) is 0. The van der Waals surface area contributed by atoms with Crippen LogP contribution in [0.4, 0.5) is 17.3 Å². The van der Waals surface area contributed by atoms with Crippen molar-refractivity contribution >= 4 is 44.3 Å². The third-order valence-corrected chi connectivity index (χ3v) is 3.18. The Kier molecular flexibility index (Phi) is 4.84. The number of hydrogen-bond acceptors (Lipinski definition) is 6. The first-order valence-electron chi connectivity index (χ1n) is 6.15. The van der Waals surface area contributed by atoms with Gasteiger partial charge in [-0.25, -0.2) is 9.97 Å². The highest BCUT2D eigenvalue weighted by molar-refractivity contribution is 9.10. The average Bonchev–Trinajstić information content (AvgIpc) is 2.49. The van der Waals surface area contributed by atoms with Crippen LogP contribution in [0.15, 0.2) is 53.0 Å². The Morgan fingerprint density at radius 1 is 0.955 bits per heavy atom. The van der Waals surface area contributed by atoms with Gasteiger partial charge in [0, 0.05) is 16.6 Å². The van der Waals surface area contributed by atoms with Gasteiger partial charge >= 0.3 is 0 Å². The second kappa shape index (κ2) is 6.81. The number of halogens is 1. The lowest BCUT2D eigenvalue weighted by atomic mass is 10.2.